The lowest BCUT2D eigenvalue weighted by Gasteiger charge is -2.09. The molecule has 4 rings (SSSR count). The molecule has 4 aromatic rings. The predicted molar refractivity (Wildman–Crippen MR) is 107 cm³/mol. The van der Waals surface area contributed by atoms with Crippen LogP contribution >= 0.6 is 0 Å². The number of hydrogen-bond donors (Lipinski definition) is 0. The molecule has 0 saturated carbocycles. The summed E-state index contributed by atoms with van der Waals surface area (Å²) in [5, 5.41) is 9.75. The lowest BCUT2D eigenvalue weighted by atomic mass is 9.98. The molecule has 0 spiro atoms. The molecule has 0 amide bonds. The SMILES string of the molecule is C=C(c1cccnc1)c1cc(C#N)c2c(c1)nc(-n1c(C)ccc1C)n2C. The quantitative estimate of drug-likeness (QED) is 0.551. The van der Waals surface area contributed by atoms with Crippen LogP contribution in [0.2, 0.25) is 0 Å². The second-order valence-electron chi connectivity index (χ2n) is 6.65. The molecule has 0 bridgehead atoms. The van der Waals surface area contributed by atoms with Crippen LogP contribution in [0.15, 0.2) is 55.4 Å². The number of benzene rings is 1. The van der Waals surface area contributed by atoms with Gasteiger partial charge in [0.05, 0.1) is 16.6 Å². The fraction of sp³-hybridized carbons (Fsp3) is 0.136. The number of imidazole rings is 1. The standard InChI is InChI=1S/C22H19N5/c1-14-7-8-15(2)27(14)22-25-20-11-18(10-19(12-23)21(20)26(22)4)16(3)17-6-5-9-24-13-17/h5-11,13H,3H2,1-2,4H3. The van der Waals surface area contributed by atoms with E-state index < -0.39 is 0 Å². The molecule has 27 heavy (non-hydrogen) atoms. The van der Waals surface area contributed by atoms with Gasteiger partial charge in [0.1, 0.15) is 6.07 Å². The lowest BCUT2D eigenvalue weighted by molar-refractivity contribution is 0.806. The van der Waals surface area contributed by atoms with Crippen LogP contribution in [0.25, 0.3) is 22.6 Å². The average molecular weight is 353 g/mol. The predicted octanol–water partition coefficient (Wildman–Crippen LogP) is 4.31. The van der Waals surface area contributed by atoms with Gasteiger partial charge in [-0.1, -0.05) is 12.6 Å². The first-order valence-electron chi connectivity index (χ1n) is 8.67. The van der Waals surface area contributed by atoms with E-state index in [4.69, 9.17) is 4.98 Å². The van der Waals surface area contributed by atoms with E-state index in [1.165, 1.54) is 0 Å². The molecule has 0 atom stereocenters. The van der Waals surface area contributed by atoms with Crippen molar-refractivity contribution in [3.05, 3.63) is 83.4 Å². The summed E-state index contributed by atoms with van der Waals surface area (Å²) in [6.07, 6.45) is 3.50. The number of aryl methyl sites for hydroxylation is 3. The Balaban J connectivity index is 1.95. The van der Waals surface area contributed by atoms with Crippen molar-refractivity contribution in [3.63, 3.8) is 0 Å². The molecule has 0 radical (unpaired) electrons. The first-order chi connectivity index (χ1) is 13.0. The molecule has 0 unspecified atom stereocenters. The molecule has 132 valence electrons. The highest BCUT2D eigenvalue weighted by Crippen LogP contribution is 2.29. The van der Waals surface area contributed by atoms with E-state index in [1.807, 2.05) is 49.7 Å². The molecule has 0 aliphatic carbocycles. The fourth-order valence-corrected chi connectivity index (χ4v) is 3.49. The van der Waals surface area contributed by atoms with Gasteiger partial charge in [0.15, 0.2) is 0 Å². The number of aromatic nitrogens is 4. The number of hydrogen-bond acceptors (Lipinski definition) is 3. The number of pyridine rings is 1. The second-order valence-corrected chi connectivity index (χ2v) is 6.65. The Hall–Kier alpha value is -3.65. The molecule has 3 heterocycles. The Morgan fingerprint density at radius 3 is 2.48 bits per heavy atom. The molecular weight excluding hydrogens is 334 g/mol. The summed E-state index contributed by atoms with van der Waals surface area (Å²) in [4.78, 5) is 9.00. The largest absolute Gasteiger partial charge is 0.312 e. The lowest BCUT2D eigenvalue weighted by Crippen LogP contribution is -2.06. The van der Waals surface area contributed by atoms with Gasteiger partial charge in [-0.2, -0.15) is 5.26 Å². The van der Waals surface area contributed by atoms with Crippen molar-refractivity contribution < 1.29 is 0 Å². The number of nitrogens with zero attached hydrogens (tertiary/aromatic N) is 5. The van der Waals surface area contributed by atoms with E-state index in [9.17, 15) is 5.26 Å². The van der Waals surface area contributed by atoms with Crippen LogP contribution in [0.3, 0.4) is 0 Å². The Bertz CT molecular complexity index is 1200. The second kappa shape index (κ2) is 6.26. The van der Waals surface area contributed by atoms with Crippen molar-refractivity contribution in [3.8, 4) is 12.0 Å². The van der Waals surface area contributed by atoms with Gasteiger partial charge in [-0.25, -0.2) is 4.98 Å². The zero-order valence-electron chi connectivity index (χ0n) is 15.6. The highest BCUT2D eigenvalue weighted by Gasteiger charge is 2.17. The minimum absolute atomic E-state index is 0.580. The molecule has 0 N–H and O–H groups in total. The van der Waals surface area contributed by atoms with E-state index in [-0.39, 0.29) is 0 Å². The van der Waals surface area contributed by atoms with E-state index in [1.54, 1.807) is 12.4 Å². The van der Waals surface area contributed by atoms with Crippen molar-refractivity contribution >= 4 is 16.6 Å². The third kappa shape index (κ3) is 2.63. The van der Waals surface area contributed by atoms with E-state index in [0.29, 0.717) is 5.56 Å². The molecule has 3 aromatic heterocycles. The Morgan fingerprint density at radius 1 is 1.11 bits per heavy atom. The third-order valence-electron chi connectivity index (χ3n) is 4.90. The maximum atomic E-state index is 9.75. The van der Waals surface area contributed by atoms with Crippen molar-refractivity contribution in [2.24, 2.45) is 7.05 Å². The van der Waals surface area contributed by atoms with Crippen LogP contribution in [0.1, 0.15) is 28.1 Å². The van der Waals surface area contributed by atoms with E-state index in [2.05, 4.69) is 34.3 Å². The van der Waals surface area contributed by atoms with Crippen molar-refractivity contribution in [1.82, 2.24) is 19.1 Å². The molecule has 0 saturated heterocycles. The highest BCUT2D eigenvalue weighted by atomic mass is 15.2. The third-order valence-corrected chi connectivity index (χ3v) is 4.90. The molecule has 0 aliphatic heterocycles. The average Bonchev–Trinajstić information content (AvgIpc) is 3.19. The highest BCUT2D eigenvalue weighted by molar-refractivity contribution is 5.90. The Kier molecular flexibility index (Phi) is 3.89. The summed E-state index contributed by atoms with van der Waals surface area (Å²) in [7, 11) is 1.94. The molecular formula is C22H19N5. The Labute approximate surface area is 157 Å². The summed E-state index contributed by atoms with van der Waals surface area (Å²) < 4.78 is 4.07. The first-order valence-corrected chi connectivity index (χ1v) is 8.67. The zero-order chi connectivity index (χ0) is 19.1. The van der Waals surface area contributed by atoms with Gasteiger partial charge in [0.25, 0.3) is 0 Å². The van der Waals surface area contributed by atoms with E-state index >= 15 is 0 Å². The van der Waals surface area contributed by atoms with Crippen LogP contribution < -0.4 is 0 Å². The fourth-order valence-electron chi connectivity index (χ4n) is 3.49. The number of rotatable bonds is 3. The maximum absolute atomic E-state index is 9.75. The van der Waals surface area contributed by atoms with Gasteiger partial charge >= 0.3 is 0 Å². The van der Waals surface area contributed by atoms with Crippen LogP contribution in [-0.2, 0) is 7.05 Å². The summed E-state index contributed by atoms with van der Waals surface area (Å²) in [5.74, 6) is 0.797. The van der Waals surface area contributed by atoms with Crippen LogP contribution in [0, 0.1) is 25.2 Å². The van der Waals surface area contributed by atoms with Crippen molar-refractivity contribution in [1.29, 1.82) is 5.26 Å². The van der Waals surface area contributed by atoms with Crippen molar-refractivity contribution in [2.75, 3.05) is 0 Å². The van der Waals surface area contributed by atoms with Crippen LogP contribution in [-0.4, -0.2) is 19.1 Å². The monoisotopic (exact) mass is 353 g/mol. The van der Waals surface area contributed by atoms with Crippen LogP contribution in [0.4, 0.5) is 0 Å². The smallest absolute Gasteiger partial charge is 0.215 e. The molecule has 0 aliphatic rings. The Morgan fingerprint density at radius 2 is 1.85 bits per heavy atom. The summed E-state index contributed by atoms with van der Waals surface area (Å²) in [6, 6.07) is 14.1. The minimum Gasteiger partial charge on any atom is -0.312 e. The normalized spacial score (nSPS) is 10.9. The minimum atomic E-state index is 0.580. The van der Waals surface area contributed by atoms with E-state index in [0.717, 1.165) is 45.1 Å². The number of fused-ring (bicyclic) bond motifs is 1. The first kappa shape index (κ1) is 16.8. The molecule has 0 fully saturated rings. The summed E-state index contributed by atoms with van der Waals surface area (Å²) >= 11 is 0. The maximum Gasteiger partial charge on any atom is 0.215 e. The molecule has 5 heteroatoms. The zero-order valence-corrected chi connectivity index (χ0v) is 15.6. The van der Waals surface area contributed by atoms with Crippen molar-refractivity contribution in [2.45, 2.75) is 13.8 Å². The summed E-state index contributed by atoms with van der Waals surface area (Å²) in [6.45, 7) is 8.29. The number of nitriles is 1. The summed E-state index contributed by atoms with van der Waals surface area (Å²) in [5.41, 5.74) is 7.00. The van der Waals surface area contributed by atoms with Gasteiger partial charge in [0.2, 0.25) is 5.95 Å². The van der Waals surface area contributed by atoms with Gasteiger partial charge in [-0.05, 0) is 60.9 Å². The topological polar surface area (TPSA) is 59.4 Å². The molecule has 5 nitrogen and oxygen atoms in total. The van der Waals surface area contributed by atoms with Gasteiger partial charge in [0, 0.05) is 30.8 Å². The van der Waals surface area contributed by atoms with Gasteiger partial charge in [-0.3, -0.25) is 9.55 Å². The van der Waals surface area contributed by atoms with Crippen LogP contribution in [0.5, 0.6) is 0 Å². The molecule has 1 aromatic carbocycles. The van der Waals surface area contributed by atoms with Gasteiger partial charge in [-0.15, -0.1) is 0 Å². The van der Waals surface area contributed by atoms with Gasteiger partial charge < -0.3 is 4.57 Å².